The molecule has 2 nitrogen and oxygen atoms in total. The topological polar surface area (TPSA) is 29.1 Å². The van der Waals surface area contributed by atoms with E-state index in [0.29, 0.717) is 0 Å². The zero-order valence-electron chi connectivity index (χ0n) is 8.11. The van der Waals surface area contributed by atoms with Crippen molar-refractivity contribution in [1.29, 1.82) is 0 Å². The van der Waals surface area contributed by atoms with Crippen molar-refractivity contribution in [2.24, 2.45) is 0 Å². The van der Waals surface area contributed by atoms with E-state index in [0.717, 1.165) is 6.07 Å². The lowest BCUT2D eigenvalue weighted by atomic mass is 10.1. The van der Waals surface area contributed by atoms with Crippen LogP contribution in [0.3, 0.4) is 0 Å². The van der Waals surface area contributed by atoms with Gasteiger partial charge in [-0.05, 0) is 35.1 Å². The first kappa shape index (κ1) is 12.3. The average molecular weight is 278 g/mol. The van der Waals surface area contributed by atoms with E-state index in [1.54, 1.807) is 7.05 Å². The van der Waals surface area contributed by atoms with Gasteiger partial charge in [0, 0.05) is 12.0 Å². The molecular weight excluding hydrogens is 268 g/mol. The Kier molecular flexibility index (Phi) is 4.35. The molecule has 0 saturated heterocycles. The van der Waals surface area contributed by atoms with E-state index in [1.165, 1.54) is 6.07 Å². The molecule has 1 N–H and O–H groups in total. The molecule has 0 aliphatic carbocycles. The number of carbonyl (C=O) groups is 1. The normalized spacial score (nSPS) is 10.4. The highest BCUT2D eigenvalue weighted by Crippen LogP contribution is 2.21. The molecule has 0 unspecified atom stereocenters. The van der Waals surface area contributed by atoms with Gasteiger partial charge in [-0.2, -0.15) is 0 Å². The van der Waals surface area contributed by atoms with Gasteiger partial charge in [0.05, 0.1) is 11.0 Å². The minimum absolute atomic E-state index is 0.103. The van der Waals surface area contributed by atoms with Crippen LogP contribution in [-0.2, 0) is 11.2 Å². The zero-order valence-corrected chi connectivity index (χ0v) is 9.70. The third-order valence-corrected chi connectivity index (χ3v) is 2.50. The first-order chi connectivity index (χ1) is 7.06. The Labute approximate surface area is 94.8 Å². The second kappa shape index (κ2) is 5.32. The summed E-state index contributed by atoms with van der Waals surface area (Å²) >= 11 is 2.94. The van der Waals surface area contributed by atoms with Gasteiger partial charge in [-0.1, -0.05) is 0 Å². The van der Waals surface area contributed by atoms with Gasteiger partial charge in [-0.15, -0.1) is 0 Å². The van der Waals surface area contributed by atoms with Crippen LogP contribution in [0.25, 0.3) is 0 Å². The van der Waals surface area contributed by atoms with E-state index in [9.17, 15) is 13.6 Å². The molecule has 5 heteroatoms. The highest BCUT2D eigenvalue weighted by molar-refractivity contribution is 9.10. The number of halogens is 3. The smallest absolute Gasteiger partial charge is 0.151 e. The minimum atomic E-state index is -0.709. The first-order valence-corrected chi connectivity index (χ1v) is 5.14. The molecule has 0 spiro atoms. The minimum Gasteiger partial charge on any atom is -0.313 e. The second-order valence-corrected chi connectivity index (χ2v) is 3.92. The van der Waals surface area contributed by atoms with E-state index in [4.69, 9.17) is 0 Å². The van der Waals surface area contributed by atoms with Crippen LogP contribution in [0.5, 0.6) is 0 Å². The number of nitrogens with one attached hydrogen (secondary N) is 1. The summed E-state index contributed by atoms with van der Waals surface area (Å²) in [4.78, 5) is 11.2. The van der Waals surface area contributed by atoms with Crippen molar-refractivity contribution in [2.75, 3.05) is 13.6 Å². The van der Waals surface area contributed by atoms with E-state index in [-0.39, 0.29) is 28.8 Å². The van der Waals surface area contributed by atoms with E-state index in [2.05, 4.69) is 21.2 Å². The summed E-state index contributed by atoms with van der Waals surface area (Å²) in [6, 6.07) is 2.41. The second-order valence-electron chi connectivity index (χ2n) is 3.07. The lowest BCUT2D eigenvalue weighted by Gasteiger charge is -2.05. The number of carbonyl (C=O) groups excluding carboxylic acids is 1. The van der Waals surface area contributed by atoms with Crippen molar-refractivity contribution >= 4 is 21.7 Å². The molecule has 0 radical (unpaired) electrons. The molecule has 1 rings (SSSR count). The van der Waals surface area contributed by atoms with Crippen LogP contribution in [0.4, 0.5) is 8.78 Å². The van der Waals surface area contributed by atoms with E-state index < -0.39 is 11.6 Å². The molecule has 0 fully saturated rings. The fourth-order valence-corrected chi connectivity index (χ4v) is 1.56. The Morgan fingerprint density at radius 2 is 2.13 bits per heavy atom. The van der Waals surface area contributed by atoms with Crippen molar-refractivity contribution in [2.45, 2.75) is 6.42 Å². The van der Waals surface area contributed by atoms with E-state index in [1.807, 2.05) is 0 Å². The van der Waals surface area contributed by atoms with Crippen LogP contribution in [0.1, 0.15) is 5.56 Å². The Bertz CT molecular complexity index is 382. The Morgan fingerprint density at radius 3 is 2.73 bits per heavy atom. The first-order valence-electron chi connectivity index (χ1n) is 4.35. The van der Waals surface area contributed by atoms with Crippen LogP contribution in [0.15, 0.2) is 16.6 Å². The maximum atomic E-state index is 13.4. The van der Waals surface area contributed by atoms with Gasteiger partial charge in [-0.25, -0.2) is 8.78 Å². The number of rotatable bonds is 4. The van der Waals surface area contributed by atoms with Crippen LogP contribution >= 0.6 is 15.9 Å². The fraction of sp³-hybridized carbons (Fsp3) is 0.300. The number of ketones is 1. The number of Topliss-reactive ketones (excluding diaryl/α,β-unsaturated/α-hetero) is 1. The Hall–Kier alpha value is -0.810. The summed E-state index contributed by atoms with van der Waals surface area (Å²) in [6.07, 6.45) is -0.238. The quantitative estimate of drug-likeness (QED) is 0.854. The highest BCUT2D eigenvalue weighted by Gasteiger charge is 2.15. The molecule has 0 aliphatic rings. The van der Waals surface area contributed by atoms with Gasteiger partial charge in [0.2, 0.25) is 0 Å². The van der Waals surface area contributed by atoms with E-state index >= 15 is 0 Å². The van der Waals surface area contributed by atoms with Crippen molar-refractivity contribution in [3.63, 3.8) is 0 Å². The summed E-state index contributed by atoms with van der Waals surface area (Å²) < 4.78 is 26.8. The van der Waals surface area contributed by atoms with Crippen LogP contribution in [0.2, 0.25) is 0 Å². The number of benzene rings is 1. The molecule has 15 heavy (non-hydrogen) atoms. The third kappa shape index (κ3) is 3.07. The van der Waals surface area contributed by atoms with Gasteiger partial charge in [0.25, 0.3) is 0 Å². The molecule has 0 heterocycles. The maximum Gasteiger partial charge on any atom is 0.151 e. The van der Waals surface area contributed by atoms with Crippen molar-refractivity contribution in [3.8, 4) is 0 Å². The molecule has 0 aromatic heterocycles. The fourth-order valence-electron chi connectivity index (χ4n) is 1.19. The SMILES string of the molecule is CNCC(=O)Cc1c(F)ccc(Br)c1F. The van der Waals surface area contributed by atoms with Crippen molar-refractivity contribution in [3.05, 3.63) is 33.8 Å². The molecule has 0 atom stereocenters. The molecule has 0 bridgehead atoms. The average Bonchev–Trinajstić information content (AvgIpc) is 2.19. The molecule has 0 saturated carbocycles. The van der Waals surface area contributed by atoms with Gasteiger partial charge in [0.1, 0.15) is 11.6 Å². The predicted molar refractivity (Wildman–Crippen MR) is 56.7 cm³/mol. The third-order valence-electron chi connectivity index (χ3n) is 1.89. The summed E-state index contributed by atoms with van der Waals surface area (Å²) in [6.45, 7) is 0.103. The van der Waals surface area contributed by atoms with Crippen molar-refractivity contribution < 1.29 is 13.6 Å². The summed E-state index contributed by atoms with van der Waals surface area (Å²) in [5.41, 5.74) is -0.190. The number of likely N-dealkylation sites (N-methyl/N-ethyl adjacent to an activating group) is 1. The van der Waals surface area contributed by atoms with Crippen LogP contribution in [0, 0.1) is 11.6 Å². The summed E-state index contributed by atoms with van der Waals surface area (Å²) in [5, 5.41) is 2.64. The lowest BCUT2D eigenvalue weighted by molar-refractivity contribution is -0.117. The summed E-state index contributed by atoms with van der Waals surface area (Å²) in [5.74, 6) is -1.66. The van der Waals surface area contributed by atoms with Gasteiger partial charge in [0.15, 0.2) is 5.78 Å². The molecule has 0 amide bonds. The molecule has 1 aromatic carbocycles. The monoisotopic (exact) mass is 277 g/mol. The zero-order chi connectivity index (χ0) is 11.4. The van der Waals surface area contributed by atoms with Crippen LogP contribution in [-0.4, -0.2) is 19.4 Å². The van der Waals surface area contributed by atoms with Gasteiger partial charge < -0.3 is 5.32 Å². The van der Waals surface area contributed by atoms with Gasteiger partial charge >= 0.3 is 0 Å². The Morgan fingerprint density at radius 1 is 1.47 bits per heavy atom. The molecule has 82 valence electrons. The Balaban J connectivity index is 2.93. The lowest BCUT2D eigenvalue weighted by Crippen LogP contribution is -2.21. The molecule has 1 aromatic rings. The highest BCUT2D eigenvalue weighted by atomic mass is 79.9. The molecular formula is C10H10BrF2NO. The maximum absolute atomic E-state index is 13.4. The molecule has 0 aliphatic heterocycles. The number of hydrogen-bond donors (Lipinski definition) is 1. The van der Waals surface area contributed by atoms with Crippen molar-refractivity contribution in [1.82, 2.24) is 5.32 Å². The van der Waals surface area contributed by atoms with Crippen LogP contribution < -0.4 is 5.32 Å². The van der Waals surface area contributed by atoms with Gasteiger partial charge in [-0.3, -0.25) is 4.79 Å². The summed E-state index contributed by atoms with van der Waals surface area (Å²) in [7, 11) is 1.60. The number of hydrogen-bond acceptors (Lipinski definition) is 2. The largest absolute Gasteiger partial charge is 0.313 e. The predicted octanol–water partition coefficient (Wildman–Crippen LogP) is 2.06. The standard InChI is InChI=1S/C10H10BrF2NO/c1-14-5-6(15)4-7-9(12)3-2-8(11)10(7)13/h2-3,14H,4-5H2,1H3.